The Kier molecular flexibility index (Phi) is 4.73. The number of para-hydroxylation sites is 1. The van der Waals surface area contributed by atoms with Gasteiger partial charge in [-0.1, -0.05) is 29.8 Å². The van der Waals surface area contributed by atoms with Crippen LogP contribution in [0.15, 0.2) is 42.5 Å². The molecule has 1 N–H and O–H groups in total. The van der Waals surface area contributed by atoms with Gasteiger partial charge in [-0.3, -0.25) is 9.59 Å². The molecular weight excluding hydrogens is 338 g/mol. The van der Waals surface area contributed by atoms with Crippen molar-refractivity contribution in [2.45, 2.75) is 13.3 Å². The number of carbonyl (C=O) groups excluding carboxylic acids is 2. The normalized spacial score (nSPS) is 16.6. The highest BCUT2D eigenvalue weighted by molar-refractivity contribution is 6.31. The average Bonchev–Trinajstić information content (AvgIpc) is 3.00. The number of anilines is 2. The van der Waals surface area contributed by atoms with E-state index in [0.717, 1.165) is 5.56 Å². The van der Waals surface area contributed by atoms with E-state index in [1.54, 1.807) is 35.2 Å². The Labute approximate surface area is 150 Å². The van der Waals surface area contributed by atoms with Gasteiger partial charge in [0.25, 0.3) is 0 Å². The van der Waals surface area contributed by atoms with E-state index in [1.165, 1.54) is 0 Å². The number of hydrogen-bond acceptors (Lipinski definition) is 3. The van der Waals surface area contributed by atoms with E-state index < -0.39 is 5.92 Å². The largest absolute Gasteiger partial charge is 0.325 e. The molecule has 0 unspecified atom stereocenters. The molecule has 2 aromatic rings. The summed E-state index contributed by atoms with van der Waals surface area (Å²) < 4.78 is 0. The molecule has 0 aromatic heterocycles. The van der Waals surface area contributed by atoms with Gasteiger partial charge in [0.15, 0.2) is 0 Å². The predicted octanol–water partition coefficient (Wildman–Crippen LogP) is 3.51. The van der Waals surface area contributed by atoms with E-state index in [1.807, 2.05) is 25.1 Å². The second kappa shape index (κ2) is 6.96. The molecule has 0 radical (unpaired) electrons. The van der Waals surface area contributed by atoms with Gasteiger partial charge in [-0.2, -0.15) is 5.26 Å². The standard InChI is InChI=1S/C19H16ClN3O2/c1-12-6-7-15(9-16(12)20)23-11-14(8-18(23)24)19(25)22-17-5-3-2-4-13(17)10-21/h2-7,9,14H,8,11H2,1H3,(H,22,25)/t14-/m1/s1. The first-order valence-corrected chi connectivity index (χ1v) is 8.24. The highest BCUT2D eigenvalue weighted by atomic mass is 35.5. The zero-order valence-electron chi connectivity index (χ0n) is 13.6. The van der Waals surface area contributed by atoms with Gasteiger partial charge in [0, 0.05) is 23.7 Å². The molecule has 0 saturated carbocycles. The number of hydrogen-bond donors (Lipinski definition) is 1. The first-order chi connectivity index (χ1) is 12.0. The Morgan fingerprint density at radius 3 is 2.80 bits per heavy atom. The maximum atomic E-state index is 12.5. The molecule has 1 aliphatic rings. The molecule has 6 heteroatoms. The van der Waals surface area contributed by atoms with E-state index in [9.17, 15) is 9.59 Å². The number of benzene rings is 2. The maximum Gasteiger partial charge on any atom is 0.229 e. The van der Waals surface area contributed by atoms with Gasteiger partial charge < -0.3 is 10.2 Å². The van der Waals surface area contributed by atoms with Crippen LogP contribution >= 0.6 is 11.6 Å². The Morgan fingerprint density at radius 1 is 1.32 bits per heavy atom. The van der Waals surface area contributed by atoms with Crippen LogP contribution in [0.3, 0.4) is 0 Å². The van der Waals surface area contributed by atoms with Gasteiger partial charge in [-0.25, -0.2) is 0 Å². The number of nitrogens with one attached hydrogen (secondary N) is 1. The molecule has 3 rings (SSSR count). The molecule has 1 heterocycles. The third kappa shape index (κ3) is 3.49. The quantitative estimate of drug-likeness (QED) is 0.917. The Bertz CT molecular complexity index is 888. The third-order valence-electron chi connectivity index (χ3n) is 4.27. The smallest absolute Gasteiger partial charge is 0.229 e. The lowest BCUT2D eigenvalue weighted by atomic mass is 10.1. The van der Waals surface area contributed by atoms with E-state index >= 15 is 0 Å². The van der Waals surface area contributed by atoms with Gasteiger partial charge in [0.1, 0.15) is 6.07 Å². The van der Waals surface area contributed by atoms with Crippen LogP contribution in [0.25, 0.3) is 0 Å². The zero-order chi connectivity index (χ0) is 18.0. The Morgan fingerprint density at radius 2 is 2.08 bits per heavy atom. The molecule has 1 aliphatic heterocycles. The van der Waals surface area contributed by atoms with Crippen LogP contribution in [-0.4, -0.2) is 18.4 Å². The number of aryl methyl sites for hydroxylation is 1. The molecule has 1 saturated heterocycles. The van der Waals surface area contributed by atoms with Gasteiger partial charge >= 0.3 is 0 Å². The lowest BCUT2D eigenvalue weighted by Gasteiger charge is -2.17. The molecule has 5 nitrogen and oxygen atoms in total. The summed E-state index contributed by atoms with van der Waals surface area (Å²) in [5.41, 5.74) is 2.47. The molecule has 25 heavy (non-hydrogen) atoms. The van der Waals surface area contributed by atoms with Crippen molar-refractivity contribution < 1.29 is 9.59 Å². The van der Waals surface area contributed by atoms with Crippen molar-refractivity contribution in [2.24, 2.45) is 5.92 Å². The molecule has 126 valence electrons. The molecule has 1 fully saturated rings. The fourth-order valence-electron chi connectivity index (χ4n) is 2.81. The van der Waals surface area contributed by atoms with Crippen molar-refractivity contribution >= 4 is 34.8 Å². The van der Waals surface area contributed by atoms with Crippen molar-refractivity contribution in [3.63, 3.8) is 0 Å². The van der Waals surface area contributed by atoms with Crippen molar-refractivity contribution in [3.05, 3.63) is 58.6 Å². The summed E-state index contributed by atoms with van der Waals surface area (Å²) in [5.74, 6) is -0.857. The summed E-state index contributed by atoms with van der Waals surface area (Å²) in [4.78, 5) is 26.4. The molecule has 0 aliphatic carbocycles. The van der Waals surface area contributed by atoms with E-state index in [4.69, 9.17) is 16.9 Å². The highest BCUT2D eigenvalue weighted by Gasteiger charge is 2.35. The minimum Gasteiger partial charge on any atom is -0.325 e. The van der Waals surface area contributed by atoms with Gasteiger partial charge in [-0.15, -0.1) is 0 Å². The SMILES string of the molecule is Cc1ccc(N2C[C@H](C(=O)Nc3ccccc3C#N)CC2=O)cc1Cl. The van der Waals surface area contributed by atoms with Crippen molar-refractivity contribution in [1.29, 1.82) is 5.26 Å². The molecule has 0 spiro atoms. The number of nitrogens with zero attached hydrogens (tertiary/aromatic N) is 2. The van der Waals surface area contributed by atoms with E-state index in [-0.39, 0.29) is 18.2 Å². The molecule has 1 atom stereocenters. The lowest BCUT2D eigenvalue weighted by molar-refractivity contribution is -0.122. The summed E-state index contributed by atoms with van der Waals surface area (Å²) in [6.45, 7) is 2.18. The third-order valence-corrected chi connectivity index (χ3v) is 4.68. The Balaban J connectivity index is 1.74. The second-order valence-electron chi connectivity index (χ2n) is 5.99. The number of nitriles is 1. The number of amides is 2. The fourth-order valence-corrected chi connectivity index (χ4v) is 2.98. The minimum absolute atomic E-state index is 0.117. The summed E-state index contributed by atoms with van der Waals surface area (Å²) >= 11 is 6.13. The van der Waals surface area contributed by atoms with Crippen molar-refractivity contribution in [1.82, 2.24) is 0 Å². The van der Waals surface area contributed by atoms with Crippen molar-refractivity contribution in [3.8, 4) is 6.07 Å². The van der Waals surface area contributed by atoms with Crippen LogP contribution in [0.2, 0.25) is 5.02 Å². The zero-order valence-corrected chi connectivity index (χ0v) is 14.4. The summed E-state index contributed by atoms with van der Waals surface area (Å²) in [6.07, 6.45) is 0.131. The predicted molar refractivity (Wildman–Crippen MR) is 96.4 cm³/mol. The fraction of sp³-hybridized carbons (Fsp3) is 0.211. The van der Waals surface area contributed by atoms with Crippen LogP contribution in [-0.2, 0) is 9.59 Å². The molecule has 0 bridgehead atoms. The second-order valence-corrected chi connectivity index (χ2v) is 6.39. The van der Waals surface area contributed by atoms with Crippen LogP contribution in [0.5, 0.6) is 0 Å². The number of rotatable bonds is 3. The molecule has 2 amide bonds. The average molecular weight is 354 g/mol. The van der Waals surface area contributed by atoms with Crippen LogP contribution in [0, 0.1) is 24.2 Å². The van der Waals surface area contributed by atoms with Gasteiger partial charge in [0.05, 0.1) is 17.2 Å². The first kappa shape index (κ1) is 17.0. The summed E-state index contributed by atoms with van der Waals surface area (Å²) in [7, 11) is 0. The van der Waals surface area contributed by atoms with E-state index in [2.05, 4.69) is 5.32 Å². The summed E-state index contributed by atoms with van der Waals surface area (Å²) in [5, 5.41) is 12.4. The van der Waals surface area contributed by atoms with Crippen LogP contribution in [0.1, 0.15) is 17.5 Å². The van der Waals surface area contributed by atoms with Gasteiger partial charge in [-0.05, 0) is 36.8 Å². The highest BCUT2D eigenvalue weighted by Crippen LogP contribution is 2.29. The lowest BCUT2D eigenvalue weighted by Crippen LogP contribution is -2.28. The monoisotopic (exact) mass is 353 g/mol. The molecular formula is C19H16ClN3O2. The topological polar surface area (TPSA) is 73.2 Å². The van der Waals surface area contributed by atoms with Crippen LogP contribution in [0.4, 0.5) is 11.4 Å². The number of halogens is 1. The molecule has 2 aromatic carbocycles. The maximum absolute atomic E-state index is 12.5. The Hall–Kier alpha value is -2.84. The number of carbonyl (C=O) groups is 2. The first-order valence-electron chi connectivity index (χ1n) is 7.86. The summed E-state index contributed by atoms with van der Waals surface area (Å²) in [6, 6.07) is 14.2. The minimum atomic E-state index is -0.473. The van der Waals surface area contributed by atoms with Gasteiger partial charge in [0.2, 0.25) is 11.8 Å². The van der Waals surface area contributed by atoms with Crippen LogP contribution < -0.4 is 10.2 Å². The van der Waals surface area contributed by atoms with E-state index in [0.29, 0.717) is 28.5 Å². The van der Waals surface area contributed by atoms with Crippen molar-refractivity contribution in [2.75, 3.05) is 16.8 Å².